The van der Waals surface area contributed by atoms with Gasteiger partial charge >= 0.3 is 0 Å². The molecule has 4 nitrogen and oxygen atoms in total. The van der Waals surface area contributed by atoms with Gasteiger partial charge in [-0.15, -0.1) is 11.8 Å². The highest BCUT2D eigenvalue weighted by molar-refractivity contribution is 7.99. The SMILES string of the molecule is CC(C)C[C@H](C#N)NC(=O)CSCc1ccncc1. The fourth-order valence-electron chi connectivity index (χ4n) is 1.59. The number of carbonyl (C=O) groups excluding carboxylic acids is 1. The second-order valence-electron chi connectivity index (χ2n) is 4.73. The zero-order chi connectivity index (χ0) is 14.1. The third-order valence-corrected chi connectivity index (χ3v) is 3.45. The van der Waals surface area contributed by atoms with Crippen molar-refractivity contribution in [1.82, 2.24) is 10.3 Å². The van der Waals surface area contributed by atoms with Gasteiger partial charge in [0.25, 0.3) is 0 Å². The molecular weight excluding hydrogens is 258 g/mol. The largest absolute Gasteiger partial charge is 0.340 e. The number of hydrogen-bond donors (Lipinski definition) is 1. The van der Waals surface area contributed by atoms with Gasteiger partial charge in [0.1, 0.15) is 6.04 Å². The van der Waals surface area contributed by atoms with E-state index in [1.54, 1.807) is 12.4 Å². The maximum absolute atomic E-state index is 11.7. The molecule has 1 N–H and O–H groups in total. The van der Waals surface area contributed by atoms with Crippen molar-refractivity contribution in [2.75, 3.05) is 5.75 Å². The van der Waals surface area contributed by atoms with Gasteiger partial charge in [-0.25, -0.2) is 0 Å². The Morgan fingerprint density at radius 1 is 1.47 bits per heavy atom. The Bertz CT molecular complexity index is 428. The molecule has 0 aliphatic rings. The van der Waals surface area contributed by atoms with Crippen molar-refractivity contribution in [2.45, 2.75) is 32.1 Å². The van der Waals surface area contributed by atoms with E-state index >= 15 is 0 Å². The first-order valence-electron chi connectivity index (χ1n) is 6.27. The molecule has 0 aromatic carbocycles. The monoisotopic (exact) mass is 277 g/mol. The minimum absolute atomic E-state index is 0.0775. The Kier molecular flexibility index (Phi) is 6.98. The summed E-state index contributed by atoms with van der Waals surface area (Å²) in [6.07, 6.45) is 4.17. The summed E-state index contributed by atoms with van der Waals surface area (Å²) in [6.45, 7) is 4.07. The Morgan fingerprint density at radius 3 is 2.74 bits per heavy atom. The molecule has 0 spiro atoms. The zero-order valence-corrected chi connectivity index (χ0v) is 12.1. The number of aromatic nitrogens is 1. The Labute approximate surface area is 118 Å². The Hall–Kier alpha value is -1.54. The molecule has 0 aliphatic carbocycles. The molecule has 0 radical (unpaired) electrons. The van der Waals surface area contributed by atoms with Crippen LogP contribution in [-0.2, 0) is 10.5 Å². The lowest BCUT2D eigenvalue weighted by Crippen LogP contribution is -2.35. The van der Waals surface area contributed by atoms with E-state index in [4.69, 9.17) is 5.26 Å². The van der Waals surface area contributed by atoms with Crippen molar-refractivity contribution in [3.8, 4) is 6.07 Å². The number of thioether (sulfide) groups is 1. The van der Waals surface area contributed by atoms with Crippen molar-refractivity contribution in [1.29, 1.82) is 5.26 Å². The topological polar surface area (TPSA) is 65.8 Å². The van der Waals surface area contributed by atoms with Crippen LogP contribution in [0.15, 0.2) is 24.5 Å². The van der Waals surface area contributed by atoms with Crippen LogP contribution in [0.5, 0.6) is 0 Å². The molecule has 0 bridgehead atoms. The third kappa shape index (κ3) is 6.82. The van der Waals surface area contributed by atoms with Crippen LogP contribution in [0.4, 0.5) is 0 Å². The number of hydrogen-bond acceptors (Lipinski definition) is 4. The van der Waals surface area contributed by atoms with E-state index in [0.29, 0.717) is 18.1 Å². The highest BCUT2D eigenvalue weighted by atomic mass is 32.2. The summed E-state index contributed by atoms with van der Waals surface area (Å²) in [5.74, 6) is 1.47. The van der Waals surface area contributed by atoms with Gasteiger partial charge in [-0.3, -0.25) is 9.78 Å². The molecule has 1 rings (SSSR count). The van der Waals surface area contributed by atoms with Crippen molar-refractivity contribution in [3.05, 3.63) is 30.1 Å². The van der Waals surface area contributed by atoms with Crippen LogP contribution in [0.2, 0.25) is 0 Å². The third-order valence-electron chi connectivity index (χ3n) is 2.45. The standard InChI is InChI=1S/C14H19N3OS/c1-11(2)7-13(8-15)17-14(18)10-19-9-12-3-5-16-6-4-12/h3-6,11,13H,7,9-10H2,1-2H3,(H,17,18)/t13-/m1/s1. The molecule has 0 aliphatic heterocycles. The molecule has 1 amide bonds. The smallest absolute Gasteiger partial charge is 0.231 e. The first-order valence-corrected chi connectivity index (χ1v) is 7.43. The van der Waals surface area contributed by atoms with Crippen LogP contribution in [0, 0.1) is 17.2 Å². The molecular formula is C14H19N3OS. The highest BCUT2D eigenvalue weighted by Gasteiger charge is 2.12. The molecule has 19 heavy (non-hydrogen) atoms. The molecule has 0 fully saturated rings. The van der Waals surface area contributed by atoms with Gasteiger partial charge in [-0.1, -0.05) is 13.8 Å². The van der Waals surface area contributed by atoms with Crippen molar-refractivity contribution >= 4 is 17.7 Å². The number of nitriles is 1. The molecule has 0 unspecified atom stereocenters. The summed E-state index contributed by atoms with van der Waals surface area (Å²) in [5.41, 5.74) is 1.15. The quantitative estimate of drug-likeness (QED) is 0.831. The number of pyridine rings is 1. The summed E-state index contributed by atoms with van der Waals surface area (Å²) in [5, 5.41) is 11.7. The van der Waals surface area contributed by atoms with Crippen molar-refractivity contribution < 1.29 is 4.79 Å². The summed E-state index contributed by atoms with van der Waals surface area (Å²) in [7, 11) is 0. The van der Waals surface area contributed by atoms with Crippen LogP contribution < -0.4 is 5.32 Å². The van der Waals surface area contributed by atoms with Gasteiger partial charge in [0.05, 0.1) is 11.8 Å². The van der Waals surface area contributed by atoms with E-state index in [-0.39, 0.29) is 11.9 Å². The van der Waals surface area contributed by atoms with Gasteiger partial charge in [-0.05, 0) is 30.0 Å². The molecule has 1 heterocycles. The predicted molar refractivity (Wildman–Crippen MR) is 77.4 cm³/mol. The lowest BCUT2D eigenvalue weighted by Gasteiger charge is -2.13. The number of rotatable bonds is 7. The second-order valence-corrected chi connectivity index (χ2v) is 5.71. The predicted octanol–water partition coefficient (Wildman–Crippen LogP) is 2.37. The first kappa shape index (κ1) is 15.5. The average molecular weight is 277 g/mol. The van der Waals surface area contributed by atoms with Gasteiger partial charge in [-0.2, -0.15) is 5.26 Å². The molecule has 5 heteroatoms. The summed E-state index contributed by atoms with van der Waals surface area (Å²) >= 11 is 1.54. The van der Waals surface area contributed by atoms with E-state index in [9.17, 15) is 4.79 Å². The number of carbonyl (C=O) groups is 1. The summed E-state index contributed by atoms with van der Waals surface area (Å²) in [4.78, 5) is 15.6. The van der Waals surface area contributed by atoms with Gasteiger partial charge in [0.2, 0.25) is 5.91 Å². The zero-order valence-electron chi connectivity index (χ0n) is 11.3. The first-order chi connectivity index (χ1) is 9.11. The lowest BCUT2D eigenvalue weighted by atomic mass is 10.1. The lowest BCUT2D eigenvalue weighted by molar-refractivity contribution is -0.119. The molecule has 1 aromatic rings. The Balaban J connectivity index is 2.26. The van der Waals surface area contributed by atoms with E-state index < -0.39 is 0 Å². The highest BCUT2D eigenvalue weighted by Crippen LogP contribution is 2.11. The van der Waals surface area contributed by atoms with Crippen LogP contribution in [0.3, 0.4) is 0 Å². The maximum atomic E-state index is 11.7. The minimum atomic E-state index is -0.381. The van der Waals surface area contributed by atoms with E-state index in [1.165, 1.54) is 11.8 Å². The molecule has 102 valence electrons. The molecule has 0 saturated heterocycles. The molecule has 1 atom stereocenters. The maximum Gasteiger partial charge on any atom is 0.231 e. The number of nitrogens with zero attached hydrogens (tertiary/aromatic N) is 2. The fourth-order valence-corrected chi connectivity index (χ4v) is 2.39. The van der Waals surface area contributed by atoms with Gasteiger partial charge < -0.3 is 5.32 Å². The number of amides is 1. The van der Waals surface area contributed by atoms with E-state index in [1.807, 2.05) is 26.0 Å². The van der Waals surface area contributed by atoms with Gasteiger partial charge in [0.15, 0.2) is 0 Å². The van der Waals surface area contributed by atoms with E-state index in [2.05, 4.69) is 16.4 Å². The van der Waals surface area contributed by atoms with Crippen LogP contribution in [0.1, 0.15) is 25.8 Å². The average Bonchev–Trinajstić information content (AvgIpc) is 2.38. The van der Waals surface area contributed by atoms with Crippen molar-refractivity contribution in [3.63, 3.8) is 0 Å². The summed E-state index contributed by atoms with van der Waals surface area (Å²) < 4.78 is 0. The normalized spacial score (nSPS) is 11.9. The Morgan fingerprint density at radius 2 is 2.16 bits per heavy atom. The summed E-state index contributed by atoms with van der Waals surface area (Å²) in [6, 6.07) is 5.61. The molecule has 1 aromatic heterocycles. The van der Waals surface area contributed by atoms with Crippen LogP contribution in [0.25, 0.3) is 0 Å². The van der Waals surface area contributed by atoms with E-state index in [0.717, 1.165) is 11.3 Å². The van der Waals surface area contributed by atoms with Crippen LogP contribution in [-0.4, -0.2) is 22.7 Å². The molecule has 0 saturated carbocycles. The number of nitrogens with one attached hydrogen (secondary N) is 1. The fraction of sp³-hybridized carbons (Fsp3) is 0.500. The van der Waals surface area contributed by atoms with Gasteiger partial charge in [0, 0.05) is 18.1 Å². The minimum Gasteiger partial charge on any atom is -0.340 e. The van der Waals surface area contributed by atoms with Crippen molar-refractivity contribution in [2.24, 2.45) is 5.92 Å². The van der Waals surface area contributed by atoms with Crippen LogP contribution >= 0.6 is 11.8 Å². The second kappa shape index (κ2) is 8.54.